The van der Waals surface area contributed by atoms with Gasteiger partial charge >= 0.3 is 17.6 Å². The van der Waals surface area contributed by atoms with E-state index in [4.69, 9.17) is 14.2 Å². The summed E-state index contributed by atoms with van der Waals surface area (Å²) in [4.78, 5) is 55.4. The number of H-pyrrole nitrogens is 1. The van der Waals surface area contributed by atoms with Crippen molar-refractivity contribution in [2.24, 2.45) is 0 Å². The number of aromatic nitrogens is 2. The number of rotatable bonds is 7. The Morgan fingerprint density at radius 2 is 1.66 bits per heavy atom. The van der Waals surface area contributed by atoms with Crippen molar-refractivity contribution in [3.8, 4) is 0 Å². The highest BCUT2D eigenvalue weighted by molar-refractivity contribution is 6.04. The van der Waals surface area contributed by atoms with Crippen LogP contribution in [0.25, 0.3) is 0 Å². The summed E-state index contributed by atoms with van der Waals surface area (Å²) in [5.74, 6) is -2.16. The van der Waals surface area contributed by atoms with Crippen LogP contribution >= 0.6 is 0 Å². The Kier molecular flexibility index (Phi) is 7.40. The molecule has 1 fully saturated rings. The predicted molar refractivity (Wildman–Crippen MR) is 133 cm³/mol. The molecule has 1 aliphatic rings. The molecule has 38 heavy (non-hydrogen) atoms. The van der Waals surface area contributed by atoms with Crippen LogP contribution in [0, 0.1) is 0 Å². The first-order chi connectivity index (χ1) is 18.0. The molecule has 0 bridgehead atoms. The van der Waals surface area contributed by atoms with Crippen LogP contribution in [0.4, 0.5) is 10.2 Å². The third-order valence-corrected chi connectivity index (χ3v) is 6.51. The molecule has 4 atom stereocenters. The number of amides is 1. The molecule has 0 saturated carbocycles. The van der Waals surface area contributed by atoms with E-state index in [0.717, 1.165) is 20.0 Å². The van der Waals surface area contributed by atoms with Crippen LogP contribution < -0.4 is 11.0 Å². The number of carbonyl (C=O) groups excluding carboxylic acids is 3. The second-order valence-electron chi connectivity index (χ2n) is 9.08. The maximum absolute atomic E-state index is 16.6. The van der Waals surface area contributed by atoms with Crippen LogP contribution in [0.15, 0.2) is 71.7 Å². The molecule has 11 heteroatoms. The standard InChI is InChI=1S/C27H26FN3O7/c1-16(32)38-27(3)20(15-36-24(34)18-12-8-5-9-13-18)37-21(26(27,2)28)19-14-29-25(35)31-22(19)30-23(33)17-10-6-4-7-11-17/h4-14,20-21H,15H2,1-3H3,(H2,29,30,31,33,35)/t20-,21+,26-,27-/m1/s1. The number of alkyl halides is 1. The molecular weight excluding hydrogens is 497 g/mol. The lowest BCUT2D eigenvalue weighted by molar-refractivity contribution is -0.175. The van der Waals surface area contributed by atoms with Crippen LogP contribution in [-0.2, 0) is 19.0 Å². The van der Waals surface area contributed by atoms with Gasteiger partial charge in [-0.25, -0.2) is 19.0 Å². The van der Waals surface area contributed by atoms with Crippen LogP contribution in [0.1, 0.15) is 53.2 Å². The topological polar surface area (TPSA) is 137 Å². The lowest BCUT2D eigenvalue weighted by atomic mass is 9.80. The van der Waals surface area contributed by atoms with E-state index < -0.39 is 53.6 Å². The van der Waals surface area contributed by atoms with Gasteiger partial charge in [0, 0.05) is 24.2 Å². The summed E-state index contributed by atoms with van der Waals surface area (Å²) in [6.07, 6.45) is -1.65. The number of halogens is 1. The molecule has 4 rings (SSSR count). The van der Waals surface area contributed by atoms with E-state index >= 15 is 4.39 Å². The number of benzene rings is 2. The van der Waals surface area contributed by atoms with Gasteiger partial charge < -0.3 is 19.5 Å². The average Bonchev–Trinajstić information content (AvgIpc) is 3.08. The van der Waals surface area contributed by atoms with E-state index in [0.29, 0.717) is 5.56 Å². The Morgan fingerprint density at radius 1 is 1.05 bits per heavy atom. The van der Waals surface area contributed by atoms with Crippen LogP contribution in [0.3, 0.4) is 0 Å². The maximum Gasteiger partial charge on any atom is 0.346 e. The number of nitrogens with one attached hydrogen (secondary N) is 2. The summed E-state index contributed by atoms with van der Waals surface area (Å²) in [5.41, 5.74) is -4.57. The predicted octanol–water partition coefficient (Wildman–Crippen LogP) is 3.37. The van der Waals surface area contributed by atoms with Gasteiger partial charge in [-0.1, -0.05) is 36.4 Å². The molecule has 0 spiro atoms. The number of anilines is 1. The summed E-state index contributed by atoms with van der Waals surface area (Å²) < 4.78 is 33.4. The lowest BCUT2D eigenvalue weighted by Gasteiger charge is -2.37. The van der Waals surface area contributed by atoms with Crippen molar-refractivity contribution in [2.75, 3.05) is 11.9 Å². The number of ether oxygens (including phenoxy) is 3. The van der Waals surface area contributed by atoms with Crippen LogP contribution in [-0.4, -0.2) is 51.8 Å². The van der Waals surface area contributed by atoms with Crippen molar-refractivity contribution in [2.45, 2.75) is 44.2 Å². The van der Waals surface area contributed by atoms with Gasteiger partial charge in [0.1, 0.15) is 24.6 Å². The minimum atomic E-state index is -2.42. The van der Waals surface area contributed by atoms with Crippen LogP contribution in [0.2, 0.25) is 0 Å². The number of aromatic amines is 1. The molecule has 1 aliphatic heterocycles. The van der Waals surface area contributed by atoms with Crippen molar-refractivity contribution in [1.29, 1.82) is 0 Å². The smallest absolute Gasteiger partial charge is 0.346 e. The summed E-state index contributed by atoms with van der Waals surface area (Å²) in [7, 11) is 0. The fraction of sp³-hybridized carbons (Fsp3) is 0.296. The van der Waals surface area contributed by atoms with E-state index in [2.05, 4.69) is 15.3 Å². The van der Waals surface area contributed by atoms with Gasteiger partial charge in [0.2, 0.25) is 0 Å². The van der Waals surface area contributed by atoms with Gasteiger partial charge in [0.05, 0.1) is 5.56 Å². The van der Waals surface area contributed by atoms with E-state index in [9.17, 15) is 19.2 Å². The summed E-state index contributed by atoms with van der Waals surface area (Å²) in [6, 6.07) is 16.4. The zero-order valence-electron chi connectivity index (χ0n) is 20.9. The molecule has 198 valence electrons. The molecule has 1 saturated heterocycles. The first-order valence-electron chi connectivity index (χ1n) is 11.7. The number of hydrogen-bond acceptors (Lipinski definition) is 8. The SMILES string of the molecule is CC(=O)O[C@]1(C)[C@@H](COC(=O)c2ccccc2)O[C@@H](c2cnc(=O)[nH]c2NC(=O)c2ccccc2)[C@@]1(C)F. The largest absolute Gasteiger partial charge is 0.459 e. The summed E-state index contributed by atoms with van der Waals surface area (Å²) in [5, 5.41) is 2.56. The fourth-order valence-corrected chi connectivity index (χ4v) is 4.32. The Morgan fingerprint density at radius 3 is 2.26 bits per heavy atom. The Balaban J connectivity index is 1.67. The second kappa shape index (κ2) is 10.5. The Hall–Kier alpha value is -4.38. The molecule has 10 nitrogen and oxygen atoms in total. The van der Waals surface area contributed by atoms with Crippen molar-refractivity contribution >= 4 is 23.7 Å². The van der Waals surface area contributed by atoms with Gasteiger partial charge in [0.15, 0.2) is 11.3 Å². The number of nitrogens with zero attached hydrogens (tertiary/aromatic N) is 1. The number of esters is 2. The number of carbonyl (C=O) groups is 3. The Labute approximate surface area is 217 Å². The van der Waals surface area contributed by atoms with Gasteiger partial charge in [-0.2, -0.15) is 0 Å². The minimum Gasteiger partial charge on any atom is -0.459 e. The van der Waals surface area contributed by atoms with Gasteiger partial charge in [-0.3, -0.25) is 14.6 Å². The van der Waals surface area contributed by atoms with Gasteiger partial charge in [0.25, 0.3) is 5.91 Å². The fourth-order valence-electron chi connectivity index (χ4n) is 4.32. The van der Waals surface area contributed by atoms with Crippen molar-refractivity contribution < 1.29 is 33.0 Å². The highest BCUT2D eigenvalue weighted by Crippen LogP contribution is 2.53. The van der Waals surface area contributed by atoms with Crippen LogP contribution in [0.5, 0.6) is 0 Å². The summed E-state index contributed by atoms with van der Waals surface area (Å²) >= 11 is 0. The van der Waals surface area contributed by atoms with E-state index in [1.165, 1.54) is 6.92 Å². The lowest BCUT2D eigenvalue weighted by Crippen LogP contribution is -2.54. The molecule has 2 N–H and O–H groups in total. The molecule has 0 radical (unpaired) electrons. The van der Waals surface area contributed by atoms with Crippen molar-refractivity contribution in [3.05, 3.63) is 94.0 Å². The van der Waals surface area contributed by atoms with E-state index in [1.807, 2.05) is 0 Å². The van der Waals surface area contributed by atoms with Crippen molar-refractivity contribution in [1.82, 2.24) is 9.97 Å². The molecule has 0 aliphatic carbocycles. The molecule has 2 heterocycles. The average molecular weight is 524 g/mol. The van der Waals surface area contributed by atoms with E-state index in [1.54, 1.807) is 60.7 Å². The minimum absolute atomic E-state index is 0.00542. The zero-order chi connectivity index (χ0) is 27.5. The molecule has 3 aromatic rings. The first kappa shape index (κ1) is 26.7. The molecule has 1 aromatic heterocycles. The molecule has 1 amide bonds. The van der Waals surface area contributed by atoms with Gasteiger partial charge in [-0.15, -0.1) is 0 Å². The number of hydrogen-bond donors (Lipinski definition) is 2. The first-order valence-corrected chi connectivity index (χ1v) is 11.7. The highest BCUT2D eigenvalue weighted by atomic mass is 19.1. The summed E-state index contributed by atoms with van der Waals surface area (Å²) in [6.45, 7) is 3.16. The molecule has 0 unspecified atom stereocenters. The Bertz CT molecular complexity index is 1390. The molecule has 2 aromatic carbocycles. The van der Waals surface area contributed by atoms with Gasteiger partial charge in [-0.05, 0) is 38.1 Å². The normalized spacial score (nSPS) is 24.4. The third-order valence-electron chi connectivity index (χ3n) is 6.51. The second-order valence-corrected chi connectivity index (χ2v) is 9.08. The van der Waals surface area contributed by atoms with E-state index in [-0.39, 0.29) is 16.9 Å². The zero-order valence-corrected chi connectivity index (χ0v) is 20.9. The maximum atomic E-state index is 16.6. The third kappa shape index (κ3) is 5.18. The monoisotopic (exact) mass is 523 g/mol. The quantitative estimate of drug-likeness (QED) is 0.450. The highest BCUT2D eigenvalue weighted by Gasteiger charge is 2.66. The van der Waals surface area contributed by atoms with Crippen molar-refractivity contribution in [3.63, 3.8) is 0 Å². The molecular formula is C27H26FN3O7.